The summed E-state index contributed by atoms with van der Waals surface area (Å²) in [7, 11) is -1.15. The Kier molecular flexibility index (Phi) is 8.31. The average Bonchev–Trinajstić information content (AvgIpc) is 2.83. The number of hydrogen-bond donors (Lipinski definition) is 1. The van der Waals surface area contributed by atoms with Crippen molar-refractivity contribution in [2.45, 2.75) is 18.4 Å². The molecule has 0 saturated carbocycles. The maximum atomic E-state index is 13.4. The Morgan fingerprint density at radius 3 is 2.47 bits per heavy atom. The number of methoxy groups -OCH3 is 2. The zero-order valence-electron chi connectivity index (χ0n) is 18.9. The monoisotopic (exact) mass is 488 g/mol. The molecule has 0 fully saturated rings. The Labute approximate surface area is 198 Å². The van der Waals surface area contributed by atoms with Gasteiger partial charge >= 0.3 is 0 Å². The number of ether oxygens (including phenoxy) is 4. The van der Waals surface area contributed by atoms with E-state index in [4.69, 9.17) is 18.9 Å². The lowest BCUT2D eigenvalue weighted by Crippen LogP contribution is -2.19. The van der Waals surface area contributed by atoms with Crippen LogP contribution in [0.15, 0.2) is 70.7 Å². The summed E-state index contributed by atoms with van der Waals surface area (Å²) >= 11 is 0. The Hall–Kier alpha value is -3.79. The van der Waals surface area contributed by atoms with E-state index in [2.05, 4.69) is 9.93 Å². The van der Waals surface area contributed by atoms with E-state index in [0.29, 0.717) is 35.0 Å². The second-order valence-corrected chi connectivity index (χ2v) is 8.56. The van der Waals surface area contributed by atoms with E-state index in [9.17, 15) is 12.8 Å². The number of benzene rings is 3. The van der Waals surface area contributed by atoms with Crippen LogP contribution in [-0.2, 0) is 16.6 Å². The summed E-state index contributed by atoms with van der Waals surface area (Å²) in [5.41, 5.74) is 1.25. The molecule has 0 aliphatic carbocycles. The minimum atomic E-state index is -3.98. The first kappa shape index (κ1) is 24.8. The highest BCUT2D eigenvalue weighted by atomic mass is 32.2. The van der Waals surface area contributed by atoms with Crippen LogP contribution in [0.4, 0.5) is 4.39 Å². The number of nitrogens with zero attached hydrogens (tertiary/aromatic N) is 1. The molecule has 0 unspecified atom stereocenters. The fourth-order valence-corrected chi connectivity index (χ4v) is 3.94. The second-order valence-electron chi connectivity index (χ2n) is 6.93. The highest BCUT2D eigenvalue weighted by molar-refractivity contribution is 7.89. The zero-order valence-corrected chi connectivity index (χ0v) is 19.8. The molecule has 34 heavy (non-hydrogen) atoms. The molecule has 3 aromatic carbocycles. The molecule has 0 radical (unpaired) electrons. The van der Waals surface area contributed by atoms with Crippen LogP contribution in [0.3, 0.4) is 0 Å². The van der Waals surface area contributed by atoms with Crippen LogP contribution in [0.5, 0.6) is 23.0 Å². The van der Waals surface area contributed by atoms with Gasteiger partial charge in [0.05, 0.1) is 27.0 Å². The highest BCUT2D eigenvalue weighted by Crippen LogP contribution is 2.30. The topological polar surface area (TPSA) is 95.5 Å². The summed E-state index contributed by atoms with van der Waals surface area (Å²) in [5.74, 6) is 1.16. The van der Waals surface area contributed by atoms with E-state index in [1.165, 1.54) is 50.8 Å². The smallest absolute Gasteiger partial charge is 0.280 e. The molecule has 0 aliphatic rings. The quantitative estimate of drug-likeness (QED) is 0.322. The fourth-order valence-electron chi connectivity index (χ4n) is 3.00. The first-order valence-corrected chi connectivity index (χ1v) is 11.8. The molecule has 8 nitrogen and oxygen atoms in total. The summed E-state index contributed by atoms with van der Waals surface area (Å²) in [6.07, 6.45) is 1.34. The molecule has 0 amide bonds. The number of sulfonamides is 1. The van der Waals surface area contributed by atoms with Gasteiger partial charge in [0.15, 0.2) is 11.5 Å². The van der Waals surface area contributed by atoms with Gasteiger partial charge in [-0.1, -0.05) is 12.1 Å². The summed E-state index contributed by atoms with van der Waals surface area (Å²) in [6, 6.07) is 15.5. The number of halogens is 1. The van der Waals surface area contributed by atoms with E-state index in [-0.39, 0.29) is 23.1 Å². The van der Waals surface area contributed by atoms with Crippen LogP contribution in [0.2, 0.25) is 0 Å². The van der Waals surface area contributed by atoms with E-state index >= 15 is 0 Å². The SMILES string of the molecule is CCOc1cc(C=NNS(=O)(=O)c2ccc(OC)cc2OC)ccc1OCc1cccc(F)c1. The van der Waals surface area contributed by atoms with Gasteiger partial charge in [-0.15, -0.1) is 0 Å². The molecule has 0 aliphatic heterocycles. The highest BCUT2D eigenvalue weighted by Gasteiger charge is 2.19. The predicted octanol–water partition coefficient (Wildman–Crippen LogP) is 4.13. The van der Waals surface area contributed by atoms with Crippen LogP contribution in [0, 0.1) is 5.82 Å². The van der Waals surface area contributed by atoms with Crippen molar-refractivity contribution in [3.63, 3.8) is 0 Å². The minimum absolute atomic E-state index is 0.0796. The van der Waals surface area contributed by atoms with Gasteiger partial charge in [-0.2, -0.15) is 18.4 Å². The zero-order chi connectivity index (χ0) is 24.6. The lowest BCUT2D eigenvalue weighted by Gasteiger charge is -2.13. The Morgan fingerprint density at radius 1 is 0.941 bits per heavy atom. The summed E-state index contributed by atoms with van der Waals surface area (Å²) in [6.45, 7) is 2.38. The van der Waals surface area contributed by atoms with Crippen molar-refractivity contribution in [1.82, 2.24) is 4.83 Å². The van der Waals surface area contributed by atoms with Gasteiger partial charge in [-0.25, -0.2) is 4.39 Å². The molecule has 0 heterocycles. The Balaban J connectivity index is 1.73. The molecule has 1 N–H and O–H groups in total. The molecule has 180 valence electrons. The number of hydrogen-bond acceptors (Lipinski definition) is 7. The summed E-state index contributed by atoms with van der Waals surface area (Å²) in [4.78, 5) is 2.09. The van der Waals surface area contributed by atoms with Crippen LogP contribution in [0.1, 0.15) is 18.1 Å². The second kappa shape index (κ2) is 11.4. The summed E-state index contributed by atoms with van der Waals surface area (Å²) in [5, 5.41) is 3.85. The number of rotatable bonds is 11. The van der Waals surface area contributed by atoms with Gasteiger partial charge in [0, 0.05) is 6.07 Å². The third kappa shape index (κ3) is 6.38. The normalized spacial score (nSPS) is 11.3. The van der Waals surface area contributed by atoms with Crippen LogP contribution in [0.25, 0.3) is 0 Å². The van der Waals surface area contributed by atoms with E-state index in [1.807, 2.05) is 6.92 Å². The number of hydrazone groups is 1. The largest absolute Gasteiger partial charge is 0.497 e. The standard InChI is InChI=1S/C24H25FN2O6S/c1-4-32-22-13-17(8-10-21(22)33-16-18-6-5-7-19(25)12-18)15-26-27-34(28,29)24-11-9-20(30-2)14-23(24)31-3/h5-15,27H,4,16H2,1-3H3. The van der Waals surface area contributed by atoms with Crippen molar-refractivity contribution < 1.29 is 31.8 Å². The maximum absolute atomic E-state index is 13.4. The molecule has 10 heteroatoms. The van der Waals surface area contributed by atoms with Gasteiger partial charge < -0.3 is 18.9 Å². The Morgan fingerprint density at radius 2 is 1.76 bits per heavy atom. The molecule has 3 rings (SSSR count). The van der Waals surface area contributed by atoms with Crippen LogP contribution < -0.4 is 23.8 Å². The maximum Gasteiger partial charge on any atom is 0.280 e. The van der Waals surface area contributed by atoms with Crippen molar-refractivity contribution in [3.8, 4) is 23.0 Å². The molecule has 0 atom stereocenters. The van der Waals surface area contributed by atoms with Crippen LogP contribution >= 0.6 is 0 Å². The predicted molar refractivity (Wildman–Crippen MR) is 126 cm³/mol. The van der Waals surface area contributed by atoms with Gasteiger partial charge in [-0.05, 0) is 60.5 Å². The minimum Gasteiger partial charge on any atom is -0.497 e. The third-order valence-electron chi connectivity index (χ3n) is 4.60. The van der Waals surface area contributed by atoms with Gasteiger partial charge in [-0.3, -0.25) is 0 Å². The molecule has 3 aromatic rings. The number of nitrogens with one attached hydrogen (secondary N) is 1. The first-order valence-electron chi connectivity index (χ1n) is 10.3. The van der Waals surface area contributed by atoms with Gasteiger partial charge in [0.1, 0.15) is 28.8 Å². The molecule has 0 bridgehead atoms. The first-order chi connectivity index (χ1) is 16.4. The molecular weight excluding hydrogens is 463 g/mol. The molecule has 0 spiro atoms. The average molecular weight is 489 g/mol. The van der Waals surface area contributed by atoms with Crippen molar-refractivity contribution in [2.24, 2.45) is 5.10 Å². The van der Waals surface area contributed by atoms with Crippen molar-refractivity contribution in [2.75, 3.05) is 20.8 Å². The van der Waals surface area contributed by atoms with E-state index < -0.39 is 10.0 Å². The third-order valence-corrected chi connectivity index (χ3v) is 5.86. The lowest BCUT2D eigenvalue weighted by molar-refractivity contribution is 0.269. The van der Waals surface area contributed by atoms with Crippen molar-refractivity contribution in [3.05, 3.63) is 77.6 Å². The van der Waals surface area contributed by atoms with Crippen molar-refractivity contribution >= 4 is 16.2 Å². The molecule has 0 saturated heterocycles. The van der Waals surface area contributed by atoms with Crippen LogP contribution in [-0.4, -0.2) is 35.5 Å². The van der Waals surface area contributed by atoms with Crippen molar-refractivity contribution in [1.29, 1.82) is 0 Å². The fraction of sp³-hybridized carbons (Fsp3) is 0.208. The van der Waals surface area contributed by atoms with E-state index in [0.717, 1.165) is 0 Å². The lowest BCUT2D eigenvalue weighted by atomic mass is 10.2. The summed E-state index contributed by atoms with van der Waals surface area (Å²) < 4.78 is 60.3. The Bertz CT molecular complexity index is 1260. The molecular formula is C24H25FN2O6S. The van der Waals surface area contributed by atoms with E-state index in [1.54, 1.807) is 30.3 Å². The molecule has 0 aromatic heterocycles. The van der Waals surface area contributed by atoms with Gasteiger partial charge in [0.25, 0.3) is 10.0 Å². The van der Waals surface area contributed by atoms with Gasteiger partial charge in [0.2, 0.25) is 0 Å².